The van der Waals surface area contributed by atoms with E-state index >= 15 is 0 Å². The van der Waals surface area contributed by atoms with Crippen molar-refractivity contribution >= 4 is 12.0 Å². The van der Waals surface area contributed by atoms with E-state index in [0.717, 1.165) is 19.4 Å². The molecule has 2 rings (SSSR count). The number of likely N-dealkylation sites (tertiary alicyclic amines) is 1. The molecule has 6 nitrogen and oxygen atoms in total. The highest BCUT2D eigenvalue weighted by Crippen LogP contribution is 2.24. The lowest BCUT2D eigenvalue weighted by atomic mass is 9.92. The highest BCUT2D eigenvalue weighted by atomic mass is 16.5. The Morgan fingerprint density at radius 1 is 1.40 bits per heavy atom. The van der Waals surface area contributed by atoms with Crippen LogP contribution in [0.3, 0.4) is 0 Å². The van der Waals surface area contributed by atoms with Gasteiger partial charge in [0.05, 0.1) is 12.0 Å². The maximum absolute atomic E-state index is 12.4. The molecule has 2 fully saturated rings. The zero-order valence-electron chi connectivity index (χ0n) is 12.2. The summed E-state index contributed by atoms with van der Waals surface area (Å²) in [6, 6.07) is -0.0406. The fourth-order valence-electron chi connectivity index (χ4n) is 3.07. The molecule has 3 unspecified atom stereocenters. The molecule has 6 heteroatoms. The largest absolute Gasteiger partial charge is 0.481 e. The number of urea groups is 1. The van der Waals surface area contributed by atoms with Gasteiger partial charge in [-0.15, -0.1) is 0 Å². The first-order valence-corrected chi connectivity index (χ1v) is 7.35. The smallest absolute Gasteiger partial charge is 0.320 e. The summed E-state index contributed by atoms with van der Waals surface area (Å²) in [5.74, 6) is -1.07. The molecule has 0 aromatic carbocycles. The average Bonchev–Trinajstić information content (AvgIpc) is 2.90. The number of carbonyl (C=O) groups excluding carboxylic acids is 1. The number of likely N-dealkylation sites (N-methyl/N-ethyl adjacent to an activating group) is 1. The van der Waals surface area contributed by atoms with E-state index in [1.807, 2.05) is 6.92 Å². The van der Waals surface area contributed by atoms with E-state index < -0.39 is 5.97 Å². The molecule has 2 amide bonds. The van der Waals surface area contributed by atoms with E-state index in [9.17, 15) is 9.59 Å². The van der Waals surface area contributed by atoms with Crippen LogP contribution in [0.15, 0.2) is 0 Å². The minimum absolute atomic E-state index is 0.0168. The number of hydrogen-bond acceptors (Lipinski definition) is 3. The van der Waals surface area contributed by atoms with Gasteiger partial charge < -0.3 is 19.6 Å². The topological polar surface area (TPSA) is 70.1 Å². The van der Waals surface area contributed by atoms with Crippen LogP contribution in [0.25, 0.3) is 0 Å². The Kier molecular flexibility index (Phi) is 4.86. The highest BCUT2D eigenvalue weighted by molar-refractivity contribution is 5.75. The van der Waals surface area contributed by atoms with Crippen molar-refractivity contribution in [3.05, 3.63) is 0 Å². The predicted molar refractivity (Wildman–Crippen MR) is 73.5 cm³/mol. The van der Waals surface area contributed by atoms with Crippen molar-refractivity contribution in [1.82, 2.24) is 9.80 Å². The lowest BCUT2D eigenvalue weighted by Gasteiger charge is -2.38. The fraction of sp³-hybridized carbons (Fsp3) is 0.857. The predicted octanol–water partition coefficient (Wildman–Crippen LogP) is 1.40. The van der Waals surface area contributed by atoms with E-state index in [1.165, 1.54) is 0 Å². The van der Waals surface area contributed by atoms with Crippen LogP contribution in [-0.2, 0) is 9.53 Å². The molecule has 2 saturated heterocycles. The molecule has 0 radical (unpaired) electrons. The number of hydrogen-bond donors (Lipinski definition) is 1. The molecule has 0 spiro atoms. The molecular weight excluding hydrogens is 260 g/mol. The van der Waals surface area contributed by atoms with Gasteiger partial charge in [-0.25, -0.2) is 4.79 Å². The van der Waals surface area contributed by atoms with E-state index in [4.69, 9.17) is 9.84 Å². The van der Waals surface area contributed by atoms with Gasteiger partial charge in [-0.05, 0) is 32.6 Å². The summed E-state index contributed by atoms with van der Waals surface area (Å²) in [5.41, 5.74) is 0. The first kappa shape index (κ1) is 15.1. The van der Waals surface area contributed by atoms with Crippen LogP contribution in [0, 0.1) is 5.92 Å². The minimum Gasteiger partial charge on any atom is -0.481 e. The maximum atomic E-state index is 12.4. The van der Waals surface area contributed by atoms with Crippen molar-refractivity contribution in [2.24, 2.45) is 5.92 Å². The summed E-state index contributed by atoms with van der Waals surface area (Å²) in [6.45, 7) is 3.84. The van der Waals surface area contributed by atoms with Gasteiger partial charge in [-0.1, -0.05) is 0 Å². The van der Waals surface area contributed by atoms with Crippen molar-refractivity contribution < 1.29 is 19.4 Å². The normalized spacial score (nSPS) is 30.3. The first-order valence-electron chi connectivity index (χ1n) is 7.35. The summed E-state index contributed by atoms with van der Waals surface area (Å²) in [6.07, 6.45) is 3.30. The van der Waals surface area contributed by atoms with Gasteiger partial charge in [0.15, 0.2) is 0 Å². The van der Waals surface area contributed by atoms with Crippen molar-refractivity contribution in [3.8, 4) is 0 Å². The van der Waals surface area contributed by atoms with Gasteiger partial charge in [0, 0.05) is 32.8 Å². The molecule has 0 aromatic rings. The van der Waals surface area contributed by atoms with Crippen LogP contribution in [0.1, 0.15) is 32.6 Å². The molecule has 20 heavy (non-hydrogen) atoms. The summed E-state index contributed by atoms with van der Waals surface area (Å²) in [5, 5.41) is 9.05. The number of rotatable bonds is 3. The van der Waals surface area contributed by atoms with E-state index in [-0.39, 0.29) is 24.1 Å². The van der Waals surface area contributed by atoms with Crippen molar-refractivity contribution in [1.29, 1.82) is 0 Å². The second-order valence-electron chi connectivity index (χ2n) is 5.90. The zero-order chi connectivity index (χ0) is 14.7. The van der Waals surface area contributed by atoms with E-state index in [1.54, 1.807) is 16.8 Å². The number of piperidine rings is 1. The molecule has 2 aliphatic heterocycles. The Labute approximate surface area is 119 Å². The molecule has 0 saturated carbocycles. The first-order chi connectivity index (χ1) is 9.49. The summed E-state index contributed by atoms with van der Waals surface area (Å²) >= 11 is 0. The van der Waals surface area contributed by atoms with Crippen LogP contribution in [0.2, 0.25) is 0 Å². The number of amides is 2. The standard InChI is InChI=1S/C14H24N2O4/c1-10-8-11(13(17)18)5-6-16(10)14(19)15(2)9-12-4-3-7-20-12/h10-12H,3-9H2,1-2H3,(H,17,18). The van der Waals surface area contributed by atoms with E-state index in [0.29, 0.717) is 25.9 Å². The van der Waals surface area contributed by atoms with Crippen molar-refractivity contribution in [3.63, 3.8) is 0 Å². The fourth-order valence-corrected chi connectivity index (χ4v) is 3.07. The lowest BCUT2D eigenvalue weighted by molar-refractivity contribution is -0.143. The van der Waals surface area contributed by atoms with E-state index in [2.05, 4.69) is 0 Å². The third-order valence-corrected chi connectivity index (χ3v) is 4.30. The van der Waals surface area contributed by atoms with Gasteiger partial charge in [-0.3, -0.25) is 4.79 Å². The molecule has 2 heterocycles. The van der Waals surface area contributed by atoms with Crippen LogP contribution >= 0.6 is 0 Å². The van der Waals surface area contributed by atoms with Crippen LogP contribution in [0.5, 0.6) is 0 Å². The van der Waals surface area contributed by atoms with Crippen LogP contribution < -0.4 is 0 Å². The lowest BCUT2D eigenvalue weighted by Crippen LogP contribution is -2.51. The second kappa shape index (κ2) is 6.43. The third-order valence-electron chi connectivity index (χ3n) is 4.30. The van der Waals surface area contributed by atoms with Gasteiger partial charge in [0.1, 0.15) is 0 Å². The number of carboxylic acids is 1. The third kappa shape index (κ3) is 3.42. The Morgan fingerprint density at radius 2 is 2.15 bits per heavy atom. The van der Waals surface area contributed by atoms with Crippen LogP contribution in [-0.4, -0.2) is 65.8 Å². The van der Waals surface area contributed by atoms with Crippen molar-refractivity contribution in [2.45, 2.75) is 44.8 Å². The minimum atomic E-state index is -0.753. The quantitative estimate of drug-likeness (QED) is 0.850. The Hall–Kier alpha value is -1.30. The number of aliphatic carboxylic acids is 1. The summed E-state index contributed by atoms with van der Waals surface area (Å²) in [7, 11) is 1.79. The molecule has 1 N–H and O–H groups in total. The Balaban J connectivity index is 1.86. The monoisotopic (exact) mass is 284 g/mol. The van der Waals surface area contributed by atoms with Gasteiger partial charge in [0.2, 0.25) is 0 Å². The summed E-state index contributed by atoms with van der Waals surface area (Å²) < 4.78 is 5.55. The van der Waals surface area contributed by atoms with Gasteiger partial charge >= 0.3 is 12.0 Å². The molecular formula is C14H24N2O4. The zero-order valence-corrected chi connectivity index (χ0v) is 12.2. The molecule has 0 aliphatic carbocycles. The second-order valence-corrected chi connectivity index (χ2v) is 5.90. The number of ether oxygens (including phenoxy) is 1. The number of carboxylic acid groups (broad SMARTS) is 1. The average molecular weight is 284 g/mol. The molecule has 3 atom stereocenters. The van der Waals surface area contributed by atoms with Crippen LogP contribution in [0.4, 0.5) is 4.79 Å². The van der Waals surface area contributed by atoms with Crippen molar-refractivity contribution in [2.75, 3.05) is 26.7 Å². The summed E-state index contributed by atoms with van der Waals surface area (Å²) in [4.78, 5) is 26.9. The molecule has 2 aliphatic rings. The van der Waals surface area contributed by atoms with Gasteiger partial charge in [0.25, 0.3) is 0 Å². The molecule has 114 valence electrons. The number of nitrogens with zero attached hydrogens (tertiary/aromatic N) is 2. The maximum Gasteiger partial charge on any atom is 0.320 e. The Bertz CT molecular complexity index is 368. The Morgan fingerprint density at radius 3 is 2.70 bits per heavy atom. The SMILES string of the molecule is CC1CC(C(=O)O)CCN1C(=O)N(C)CC1CCCO1. The molecule has 0 aromatic heterocycles. The highest BCUT2D eigenvalue weighted by Gasteiger charge is 2.34. The molecule has 0 bridgehead atoms. The van der Waals surface area contributed by atoms with Gasteiger partial charge in [-0.2, -0.15) is 0 Å². The number of carbonyl (C=O) groups is 2.